The van der Waals surface area contributed by atoms with Crippen LogP contribution in [-0.2, 0) is 27.2 Å². The molecule has 0 aliphatic heterocycles. The Morgan fingerprint density at radius 3 is 2.26 bits per heavy atom. The number of likely N-dealkylation sites (N-methyl/N-ethyl adjacent to an activating group) is 1. The van der Waals surface area contributed by atoms with Gasteiger partial charge in [-0.3, -0.25) is 14.4 Å². The van der Waals surface area contributed by atoms with Crippen LogP contribution in [0.1, 0.15) is 42.4 Å². The van der Waals surface area contributed by atoms with Crippen LogP contribution in [-0.4, -0.2) is 52.4 Å². The number of primary amides is 1. The predicted molar refractivity (Wildman–Crippen MR) is 130 cm³/mol. The number of phenolic OH excluding ortho intramolecular Hbond substituents is 1. The van der Waals surface area contributed by atoms with Crippen molar-refractivity contribution in [2.45, 2.75) is 63.1 Å². The van der Waals surface area contributed by atoms with E-state index < -0.39 is 35.3 Å². The largest absolute Gasteiger partial charge is 0.508 e. The van der Waals surface area contributed by atoms with Crippen molar-refractivity contribution >= 4 is 17.7 Å². The Labute approximate surface area is 204 Å². The summed E-state index contributed by atoms with van der Waals surface area (Å²) in [7, 11) is 1.56. The minimum Gasteiger partial charge on any atom is -0.508 e. The second-order valence-electron chi connectivity index (χ2n) is 9.33. The molecule has 3 amide bonds. The lowest BCUT2D eigenvalue weighted by Gasteiger charge is -2.39. The number of rotatable bonds is 9. The van der Waals surface area contributed by atoms with E-state index in [0.717, 1.165) is 18.4 Å². The molecule has 0 spiro atoms. The van der Waals surface area contributed by atoms with Crippen LogP contribution in [0.2, 0.25) is 0 Å². The number of aryl methyl sites for hydroxylation is 1. The van der Waals surface area contributed by atoms with Crippen molar-refractivity contribution in [2.75, 3.05) is 7.05 Å². The first-order chi connectivity index (χ1) is 16.5. The third-order valence-corrected chi connectivity index (χ3v) is 6.86. The number of carbonyl (C=O) groups is 3. The van der Waals surface area contributed by atoms with E-state index in [9.17, 15) is 23.9 Å². The van der Waals surface area contributed by atoms with Crippen LogP contribution in [0.15, 0.2) is 42.5 Å². The molecule has 6 N–H and O–H groups in total. The molecule has 9 heteroatoms. The molecule has 0 radical (unpaired) electrons. The van der Waals surface area contributed by atoms with Crippen molar-refractivity contribution in [1.29, 1.82) is 0 Å². The Hall–Kier alpha value is -3.46. The highest BCUT2D eigenvalue weighted by Crippen LogP contribution is 2.35. The zero-order valence-corrected chi connectivity index (χ0v) is 20.1. The highest BCUT2D eigenvalue weighted by Gasteiger charge is 2.48. The lowest BCUT2D eigenvalue weighted by molar-refractivity contribution is -0.147. The van der Waals surface area contributed by atoms with Gasteiger partial charge in [0.25, 0.3) is 0 Å². The number of nitrogens with zero attached hydrogens (tertiary/aromatic N) is 1. The van der Waals surface area contributed by atoms with Crippen LogP contribution in [0.4, 0.5) is 4.39 Å². The minimum absolute atomic E-state index is 0.135. The van der Waals surface area contributed by atoms with Crippen LogP contribution in [0.3, 0.4) is 0 Å². The van der Waals surface area contributed by atoms with Crippen molar-refractivity contribution in [3.05, 3.63) is 65.0 Å². The van der Waals surface area contributed by atoms with Gasteiger partial charge in [0.2, 0.25) is 17.7 Å². The first-order valence-corrected chi connectivity index (χ1v) is 11.7. The Kier molecular flexibility index (Phi) is 8.11. The number of amides is 3. The molecule has 0 heterocycles. The second kappa shape index (κ2) is 10.9. The van der Waals surface area contributed by atoms with Gasteiger partial charge in [-0.2, -0.15) is 0 Å². The summed E-state index contributed by atoms with van der Waals surface area (Å²) in [4.78, 5) is 40.3. The molecule has 0 saturated heterocycles. The number of phenols is 1. The summed E-state index contributed by atoms with van der Waals surface area (Å²) in [5, 5.41) is 12.5. The predicted octanol–water partition coefficient (Wildman–Crippen LogP) is 1.69. The van der Waals surface area contributed by atoms with E-state index in [1.165, 1.54) is 23.1 Å². The van der Waals surface area contributed by atoms with Crippen molar-refractivity contribution in [3.8, 4) is 5.75 Å². The Bertz CT molecular complexity index is 1080. The van der Waals surface area contributed by atoms with E-state index in [1.54, 1.807) is 38.2 Å². The van der Waals surface area contributed by atoms with Crippen molar-refractivity contribution in [3.63, 3.8) is 0 Å². The van der Waals surface area contributed by atoms with Crippen LogP contribution in [0, 0.1) is 12.7 Å². The number of halogens is 1. The third-order valence-electron chi connectivity index (χ3n) is 6.86. The van der Waals surface area contributed by atoms with E-state index in [1.807, 2.05) is 0 Å². The molecule has 1 saturated carbocycles. The quantitative estimate of drug-likeness (QED) is 0.429. The zero-order chi connectivity index (χ0) is 25.8. The van der Waals surface area contributed by atoms with E-state index in [4.69, 9.17) is 11.5 Å². The molecule has 8 nitrogen and oxygen atoms in total. The lowest BCUT2D eigenvalue weighted by atomic mass is 9.91. The molecule has 1 fully saturated rings. The SMILES string of the molecule is Cc1cc(C[C@H](NC(=O)C2(N(C)C(=O)[C@@H](N)Cc3ccc(F)cc3)CCCC2)C(N)=O)ccc1O. The van der Waals surface area contributed by atoms with Gasteiger partial charge >= 0.3 is 0 Å². The van der Waals surface area contributed by atoms with Crippen LogP contribution < -0.4 is 16.8 Å². The fraction of sp³-hybridized carbons (Fsp3) is 0.423. The van der Waals surface area contributed by atoms with Crippen LogP contribution in [0.5, 0.6) is 5.75 Å². The summed E-state index contributed by atoms with van der Waals surface area (Å²) < 4.78 is 13.2. The maximum Gasteiger partial charge on any atom is 0.246 e. The molecule has 35 heavy (non-hydrogen) atoms. The number of nitrogens with one attached hydrogen (secondary N) is 1. The third kappa shape index (κ3) is 5.97. The molecule has 188 valence electrons. The van der Waals surface area contributed by atoms with Crippen LogP contribution >= 0.6 is 0 Å². The molecule has 0 bridgehead atoms. The first-order valence-electron chi connectivity index (χ1n) is 11.7. The molecule has 2 atom stereocenters. The molecule has 0 aromatic heterocycles. The normalized spacial score (nSPS) is 16.3. The highest BCUT2D eigenvalue weighted by atomic mass is 19.1. The lowest BCUT2D eigenvalue weighted by Crippen LogP contribution is -2.63. The first kappa shape index (κ1) is 26.2. The summed E-state index contributed by atoms with van der Waals surface area (Å²) in [5.41, 5.74) is 12.7. The number of hydrogen-bond acceptors (Lipinski definition) is 5. The van der Waals surface area contributed by atoms with Gasteiger partial charge < -0.3 is 26.8 Å². The minimum atomic E-state index is -1.14. The number of nitrogens with two attached hydrogens (primary N) is 2. The van der Waals surface area contributed by atoms with Crippen molar-refractivity contribution < 1.29 is 23.9 Å². The molecular weight excluding hydrogens is 451 g/mol. The molecule has 2 aromatic carbocycles. The van der Waals surface area contributed by atoms with E-state index in [-0.39, 0.29) is 24.4 Å². The van der Waals surface area contributed by atoms with Crippen molar-refractivity contribution in [1.82, 2.24) is 10.2 Å². The van der Waals surface area contributed by atoms with Gasteiger partial charge in [-0.1, -0.05) is 37.1 Å². The summed E-state index contributed by atoms with van der Waals surface area (Å²) >= 11 is 0. The molecule has 1 aliphatic carbocycles. The highest BCUT2D eigenvalue weighted by molar-refractivity contribution is 5.96. The average molecular weight is 485 g/mol. The van der Waals surface area contributed by atoms with Gasteiger partial charge in [0, 0.05) is 13.5 Å². The Morgan fingerprint density at radius 2 is 1.69 bits per heavy atom. The number of hydrogen-bond donors (Lipinski definition) is 4. The summed E-state index contributed by atoms with van der Waals surface area (Å²) in [6.07, 6.45) is 2.72. The molecule has 1 aliphatic rings. The molecule has 0 unspecified atom stereocenters. The fourth-order valence-electron chi connectivity index (χ4n) is 4.69. The maximum absolute atomic E-state index is 13.5. The van der Waals surface area contributed by atoms with E-state index in [2.05, 4.69) is 5.32 Å². The molecular formula is C26H33FN4O4. The van der Waals surface area contributed by atoms with Gasteiger partial charge in [-0.15, -0.1) is 0 Å². The Balaban J connectivity index is 1.75. The molecule has 3 rings (SSSR count). The van der Waals surface area contributed by atoms with Gasteiger partial charge in [0.15, 0.2) is 0 Å². The van der Waals surface area contributed by atoms with Gasteiger partial charge in [0.05, 0.1) is 6.04 Å². The van der Waals surface area contributed by atoms with Crippen molar-refractivity contribution in [2.24, 2.45) is 11.5 Å². The van der Waals surface area contributed by atoms with Crippen LogP contribution in [0.25, 0.3) is 0 Å². The van der Waals surface area contributed by atoms with E-state index >= 15 is 0 Å². The number of aromatic hydroxyl groups is 1. The molecule has 2 aromatic rings. The average Bonchev–Trinajstić information content (AvgIpc) is 3.32. The summed E-state index contributed by atoms with van der Waals surface area (Å²) in [6, 6.07) is 8.78. The summed E-state index contributed by atoms with van der Waals surface area (Å²) in [6.45, 7) is 1.74. The smallest absolute Gasteiger partial charge is 0.246 e. The van der Waals surface area contributed by atoms with Gasteiger partial charge in [-0.25, -0.2) is 4.39 Å². The van der Waals surface area contributed by atoms with Gasteiger partial charge in [-0.05, 0) is 61.1 Å². The fourth-order valence-corrected chi connectivity index (χ4v) is 4.69. The monoisotopic (exact) mass is 484 g/mol. The number of benzene rings is 2. The van der Waals surface area contributed by atoms with Gasteiger partial charge in [0.1, 0.15) is 23.1 Å². The maximum atomic E-state index is 13.5. The van der Waals surface area contributed by atoms with E-state index in [0.29, 0.717) is 24.0 Å². The Morgan fingerprint density at radius 1 is 1.09 bits per heavy atom. The topological polar surface area (TPSA) is 139 Å². The number of carbonyl (C=O) groups excluding carboxylic acids is 3. The standard InChI is InChI=1S/C26H33FN4O4/c1-16-13-18(7-10-22(16)32)15-21(23(29)33)30-25(35)26(11-3-4-12-26)31(2)24(34)20(28)14-17-5-8-19(27)9-6-17/h5-10,13,20-21,32H,3-4,11-12,14-15,28H2,1-2H3,(H2,29,33)(H,30,35)/t20-,21-/m0/s1. The second-order valence-corrected chi connectivity index (χ2v) is 9.33. The zero-order valence-electron chi connectivity index (χ0n) is 20.1. The summed E-state index contributed by atoms with van der Waals surface area (Å²) in [5.74, 6) is -1.79.